The molecule has 2 aromatic heterocycles. The van der Waals surface area contributed by atoms with Crippen molar-refractivity contribution < 1.29 is 4.79 Å². The number of para-hydroxylation sites is 1. The van der Waals surface area contributed by atoms with Gasteiger partial charge < -0.3 is 0 Å². The Kier molecular flexibility index (Phi) is 2.57. The van der Waals surface area contributed by atoms with Gasteiger partial charge in [-0.25, -0.2) is 4.98 Å². The summed E-state index contributed by atoms with van der Waals surface area (Å²) < 4.78 is 2.09. The maximum absolute atomic E-state index is 11.1. The minimum absolute atomic E-state index is 0.669. The van der Waals surface area contributed by atoms with Crippen molar-refractivity contribution in [3.05, 3.63) is 72.4 Å². The molecule has 100 valence electrons. The summed E-state index contributed by atoms with van der Waals surface area (Å²) in [5.41, 5.74) is 2.76. The Morgan fingerprint density at radius 2 is 1.67 bits per heavy atom. The summed E-state index contributed by atoms with van der Waals surface area (Å²) >= 11 is 0. The number of pyridine rings is 1. The smallest absolute Gasteiger partial charge is 0.150 e. The molecule has 0 fully saturated rings. The van der Waals surface area contributed by atoms with Crippen molar-refractivity contribution in [3.8, 4) is 5.82 Å². The van der Waals surface area contributed by atoms with E-state index >= 15 is 0 Å². The average molecular weight is 272 g/mol. The number of carbonyl (C=O) groups is 1. The molecule has 0 aliphatic heterocycles. The Morgan fingerprint density at radius 1 is 0.857 bits per heavy atom. The molecule has 2 aromatic carbocycles. The minimum atomic E-state index is 0.669. The summed E-state index contributed by atoms with van der Waals surface area (Å²) in [5.74, 6) is 0.853. The van der Waals surface area contributed by atoms with E-state index in [0.717, 1.165) is 33.9 Å². The topological polar surface area (TPSA) is 34.9 Å². The number of fused-ring (bicyclic) bond motifs is 3. The summed E-state index contributed by atoms with van der Waals surface area (Å²) in [6.07, 6.45) is 2.65. The fourth-order valence-electron chi connectivity index (χ4n) is 2.79. The van der Waals surface area contributed by atoms with E-state index in [1.807, 2.05) is 48.5 Å². The fourth-order valence-corrected chi connectivity index (χ4v) is 2.79. The predicted octanol–water partition coefficient (Wildman–Crippen LogP) is 3.99. The van der Waals surface area contributed by atoms with Crippen LogP contribution in [0.3, 0.4) is 0 Å². The van der Waals surface area contributed by atoms with Crippen LogP contribution in [0.4, 0.5) is 0 Å². The molecule has 0 radical (unpaired) electrons. The van der Waals surface area contributed by atoms with Crippen molar-refractivity contribution in [1.29, 1.82) is 0 Å². The molecule has 4 rings (SSSR count). The third kappa shape index (κ3) is 1.75. The molecule has 0 saturated carbocycles. The van der Waals surface area contributed by atoms with E-state index in [1.165, 1.54) is 0 Å². The second-order valence-electron chi connectivity index (χ2n) is 4.93. The monoisotopic (exact) mass is 272 g/mol. The van der Waals surface area contributed by atoms with Crippen molar-refractivity contribution in [2.75, 3.05) is 0 Å². The summed E-state index contributed by atoms with van der Waals surface area (Å²) in [7, 11) is 0. The van der Waals surface area contributed by atoms with Crippen molar-refractivity contribution >= 4 is 28.1 Å². The molecular weight excluding hydrogens is 260 g/mol. The first kappa shape index (κ1) is 11.9. The van der Waals surface area contributed by atoms with Crippen LogP contribution in [0.25, 0.3) is 27.6 Å². The van der Waals surface area contributed by atoms with E-state index in [0.29, 0.717) is 5.56 Å². The van der Waals surface area contributed by atoms with Gasteiger partial charge in [-0.05, 0) is 24.3 Å². The van der Waals surface area contributed by atoms with Gasteiger partial charge in [0.2, 0.25) is 0 Å². The number of rotatable bonds is 2. The first-order chi connectivity index (χ1) is 10.4. The molecule has 0 saturated heterocycles. The number of nitrogens with zero attached hydrogens (tertiary/aromatic N) is 2. The Labute approximate surface area is 121 Å². The Morgan fingerprint density at radius 3 is 2.48 bits per heavy atom. The largest absolute Gasteiger partial charge is 0.298 e. The Bertz CT molecular complexity index is 955. The number of aromatic nitrogens is 2. The van der Waals surface area contributed by atoms with Crippen molar-refractivity contribution in [3.63, 3.8) is 0 Å². The molecule has 0 atom stereocenters. The molecule has 2 heterocycles. The molecule has 4 aromatic rings. The van der Waals surface area contributed by atoms with Crippen LogP contribution in [-0.4, -0.2) is 15.8 Å². The van der Waals surface area contributed by atoms with Crippen LogP contribution in [0.1, 0.15) is 10.4 Å². The number of hydrogen-bond donors (Lipinski definition) is 0. The van der Waals surface area contributed by atoms with Gasteiger partial charge in [0.05, 0.1) is 11.0 Å². The van der Waals surface area contributed by atoms with Crippen LogP contribution in [0.5, 0.6) is 0 Å². The standard InChI is InChI=1S/C18H12N2O/c21-12-13-8-9-15-14-5-1-2-6-16(14)20(17(15)11-13)18-7-3-4-10-19-18/h1-12H. The van der Waals surface area contributed by atoms with E-state index in [1.54, 1.807) is 6.20 Å². The summed E-state index contributed by atoms with van der Waals surface area (Å²) in [6, 6.07) is 19.8. The first-order valence-electron chi connectivity index (χ1n) is 6.78. The molecule has 3 nitrogen and oxygen atoms in total. The molecule has 0 bridgehead atoms. The van der Waals surface area contributed by atoms with Crippen LogP contribution in [0.15, 0.2) is 66.9 Å². The maximum Gasteiger partial charge on any atom is 0.150 e. The molecular formula is C18H12N2O. The highest BCUT2D eigenvalue weighted by molar-refractivity contribution is 6.10. The molecule has 3 heteroatoms. The lowest BCUT2D eigenvalue weighted by molar-refractivity contribution is 0.112. The van der Waals surface area contributed by atoms with Crippen LogP contribution in [-0.2, 0) is 0 Å². The molecule has 0 spiro atoms. The average Bonchev–Trinajstić information content (AvgIpc) is 2.89. The first-order valence-corrected chi connectivity index (χ1v) is 6.78. The van der Waals surface area contributed by atoms with Crippen LogP contribution < -0.4 is 0 Å². The van der Waals surface area contributed by atoms with Crippen LogP contribution >= 0.6 is 0 Å². The summed E-state index contributed by atoms with van der Waals surface area (Å²) in [4.78, 5) is 15.5. The van der Waals surface area contributed by atoms with Crippen LogP contribution in [0, 0.1) is 0 Å². The molecule has 0 amide bonds. The molecule has 0 aliphatic carbocycles. The van der Waals surface area contributed by atoms with Gasteiger partial charge in [-0.2, -0.15) is 0 Å². The number of benzene rings is 2. The Balaban J connectivity index is 2.21. The van der Waals surface area contributed by atoms with Crippen molar-refractivity contribution in [2.24, 2.45) is 0 Å². The van der Waals surface area contributed by atoms with Crippen molar-refractivity contribution in [2.45, 2.75) is 0 Å². The van der Waals surface area contributed by atoms with Crippen molar-refractivity contribution in [1.82, 2.24) is 9.55 Å². The maximum atomic E-state index is 11.1. The molecule has 0 N–H and O–H groups in total. The van der Waals surface area contributed by atoms with E-state index in [9.17, 15) is 4.79 Å². The third-order valence-electron chi connectivity index (χ3n) is 3.71. The third-order valence-corrected chi connectivity index (χ3v) is 3.71. The predicted molar refractivity (Wildman–Crippen MR) is 84.0 cm³/mol. The molecule has 0 aliphatic rings. The highest BCUT2D eigenvalue weighted by Gasteiger charge is 2.12. The van der Waals surface area contributed by atoms with Gasteiger partial charge >= 0.3 is 0 Å². The van der Waals surface area contributed by atoms with Gasteiger partial charge in [-0.1, -0.05) is 36.4 Å². The zero-order chi connectivity index (χ0) is 14.2. The quantitative estimate of drug-likeness (QED) is 0.517. The van der Waals surface area contributed by atoms with E-state index in [4.69, 9.17) is 0 Å². The lowest BCUT2D eigenvalue weighted by Crippen LogP contribution is -1.96. The number of hydrogen-bond acceptors (Lipinski definition) is 2. The zero-order valence-corrected chi connectivity index (χ0v) is 11.2. The highest BCUT2D eigenvalue weighted by atomic mass is 16.1. The second-order valence-corrected chi connectivity index (χ2v) is 4.93. The lowest BCUT2D eigenvalue weighted by atomic mass is 10.1. The number of carbonyl (C=O) groups excluding carboxylic acids is 1. The second kappa shape index (κ2) is 4.56. The van der Waals surface area contributed by atoms with Gasteiger partial charge in [-0.15, -0.1) is 0 Å². The highest BCUT2D eigenvalue weighted by Crippen LogP contribution is 2.31. The molecule has 0 unspecified atom stereocenters. The van der Waals surface area contributed by atoms with E-state index < -0.39 is 0 Å². The molecule has 21 heavy (non-hydrogen) atoms. The van der Waals surface area contributed by atoms with Gasteiger partial charge in [0.15, 0.2) is 0 Å². The Hall–Kier alpha value is -2.94. The van der Waals surface area contributed by atoms with E-state index in [-0.39, 0.29) is 0 Å². The minimum Gasteiger partial charge on any atom is -0.298 e. The number of aldehydes is 1. The zero-order valence-electron chi connectivity index (χ0n) is 11.2. The van der Waals surface area contributed by atoms with Gasteiger partial charge in [-0.3, -0.25) is 9.36 Å². The fraction of sp³-hybridized carbons (Fsp3) is 0. The van der Waals surface area contributed by atoms with Crippen LogP contribution in [0.2, 0.25) is 0 Å². The summed E-state index contributed by atoms with van der Waals surface area (Å²) in [5, 5.41) is 2.29. The SMILES string of the molecule is O=Cc1ccc2c3ccccc3n(-c3ccccn3)c2c1. The van der Waals surface area contributed by atoms with Gasteiger partial charge in [0.1, 0.15) is 12.1 Å². The summed E-state index contributed by atoms with van der Waals surface area (Å²) in [6.45, 7) is 0. The lowest BCUT2D eigenvalue weighted by Gasteiger charge is -2.06. The van der Waals surface area contributed by atoms with Gasteiger partial charge in [0, 0.05) is 22.5 Å². The van der Waals surface area contributed by atoms with Gasteiger partial charge in [0.25, 0.3) is 0 Å². The normalized spacial score (nSPS) is 11.0. The van der Waals surface area contributed by atoms with E-state index in [2.05, 4.69) is 21.7 Å².